The van der Waals surface area contributed by atoms with Gasteiger partial charge in [0.25, 0.3) is 5.56 Å². The van der Waals surface area contributed by atoms with Gasteiger partial charge in [-0.3, -0.25) is 14.3 Å². The van der Waals surface area contributed by atoms with E-state index in [1.165, 1.54) is 16.8 Å². The highest BCUT2D eigenvalue weighted by Gasteiger charge is 2.28. The standard InChI is InChI=1S/C10H13N2O5P/c1-2-6-3-12(10(14)11-9(6)13)7-4-15-8(17-7)5-16-18/h2-3,7-8H,1,4-5,18H2,(H,11,13,14). The van der Waals surface area contributed by atoms with Crippen LogP contribution < -0.4 is 11.2 Å². The van der Waals surface area contributed by atoms with Crippen molar-refractivity contribution in [1.82, 2.24) is 9.55 Å². The first-order valence-corrected chi connectivity index (χ1v) is 5.69. The van der Waals surface area contributed by atoms with Crippen molar-refractivity contribution < 1.29 is 14.0 Å². The maximum atomic E-state index is 11.7. The Labute approximate surface area is 105 Å². The molecule has 1 aromatic heterocycles. The SMILES string of the molecule is C=Cc1cn(C2COC(COP)O2)c(=O)[nH]c1=O. The van der Waals surface area contributed by atoms with Gasteiger partial charge >= 0.3 is 5.69 Å². The normalized spacial score (nSPS) is 23.2. The molecule has 0 aliphatic carbocycles. The molecule has 0 aromatic carbocycles. The summed E-state index contributed by atoms with van der Waals surface area (Å²) in [5, 5.41) is 0. The van der Waals surface area contributed by atoms with E-state index in [2.05, 4.69) is 21.0 Å². The number of hydrogen-bond donors (Lipinski definition) is 1. The van der Waals surface area contributed by atoms with Gasteiger partial charge in [0.15, 0.2) is 12.5 Å². The molecule has 1 aromatic rings. The van der Waals surface area contributed by atoms with Gasteiger partial charge in [0, 0.05) is 15.7 Å². The second kappa shape index (κ2) is 5.58. The number of aromatic nitrogens is 2. The Balaban J connectivity index is 2.27. The van der Waals surface area contributed by atoms with Gasteiger partial charge in [0.2, 0.25) is 0 Å². The monoisotopic (exact) mass is 272 g/mol. The molecule has 0 amide bonds. The second-order valence-corrected chi connectivity index (χ2v) is 3.98. The van der Waals surface area contributed by atoms with Gasteiger partial charge in [0.1, 0.15) is 6.61 Å². The van der Waals surface area contributed by atoms with Gasteiger partial charge in [-0.1, -0.05) is 12.7 Å². The fourth-order valence-electron chi connectivity index (χ4n) is 1.62. The van der Waals surface area contributed by atoms with Crippen molar-refractivity contribution in [2.75, 3.05) is 13.2 Å². The summed E-state index contributed by atoms with van der Waals surface area (Å²) in [6, 6.07) is 0. The molecule has 3 unspecified atom stereocenters. The van der Waals surface area contributed by atoms with E-state index in [1.54, 1.807) is 0 Å². The number of nitrogens with one attached hydrogen (secondary N) is 1. The molecule has 3 atom stereocenters. The van der Waals surface area contributed by atoms with E-state index in [1.807, 2.05) is 0 Å². The number of ether oxygens (including phenoxy) is 2. The molecular weight excluding hydrogens is 259 g/mol. The number of H-pyrrole nitrogens is 1. The minimum absolute atomic E-state index is 0.210. The highest BCUT2D eigenvalue weighted by atomic mass is 31.0. The summed E-state index contributed by atoms with van der Waals surface area (Å²) < 4.78 is 16.8. The van der Waals surface area contributed by atoms with Crippen molar-refractivity contribution in [2.45, 2.75) is 12.5 Å². The summed E-state index contributed by atoms with van der Waals surface area (Å²) in [5.74, 6) is 0. The Bertz CT molecular complexity index is 552. The van der Waals surface area contributed by atoms with Gasteiger partial charge in [-0.2, -0.15) is 0 Å². The Morgan fingerprint density at radius 1 is 1.67 bits per heavy atom. The van der Waals surface area contributed by atoms with Crippen LogP contribution in [0, 0.1) is 0 Å². The Morgan fingerprint density at radius 3 is 3.11 bits per heavy atom. The number of rotatable bonds is 4. The molecule has 1 saturated heterocycles. The first kappa shape index (κ1) is 13.2. The predicted octanol–water partition coefficient (Wildman–Crippen LogP) is -0.142. The van der Waals surface area contributed by atoms with E-state index >= 15 is 0 Å². The largest absolute Gasteiger partial charge is 0.360 e. The third-order valence-electron chi connectivity index (χ3n) is 2.49. The summed E-state index contributed by atoms with van der Waals surface area (Å²) in [6.45, 7) is 3.96. The zero-order valence-corrected chi connectivity index (χ0v) is 10.7. The summed E-state index contributed by atoms with van der Waals surface area (Å²) in [6.07, 6.45) is 1.65. The first-order chi connectivity index (χ1) is 8.65. The van der Waals surface area contributed by atoms with Gasteiger partial charge in [0.05, 0.1) is 12.2 Å². The third-order valence-corrected chi connectivity index (χ3v) is 2.68. The van der Waals surface area contributed by atoms with Crippen molar-refractivity contribution in [3.05, 3.63) is 39.2 Å². The minimum Gasteiger partial charge on any atom is -0.360 e. The molecular formula is C10H13N2O5P. The molecule has 1 aliphatic heterocycles. The molecule has 0 radical (unpaired) electrons. The summed E-state index contributed by atoms with van der Waals surface area (Å²) in [4.78, 5) is 25.2. The molecule has 18 heavy (non-hydrogen) atoms. The molecule has 8 heteroatoms. The molecule has 7 nitrogen and oxygen atoms in total. The van der Waals surface area contributed by atoms with Crippen LogP contribution in [0.15, 0.2) is 22.4 Å². The van der Waals surface area contributed by atoms with Gasteiger partial charge in [-0.25, -0.2) is 4.79 Å². The van der Waals surface area contributed by atoms with Crippen molar-refractivity contribution in [2.24, 2.45) is 0 Å². The van der Waals surface area contributed by atoms with Crippen LogP contribution >= 0.6 is 9.47 Å². The van der Waals surface area contributed by atoms with Crippen molar-refractivity contribution in [1.29, 1.82) is 0 Å². The van der Waals surface area contributed by atoms with Crippen LogP contribution in [0.4, 0.5) is 0 Å². The fourth-order valence-corrected chi connectivity index (χ4v) is 1.77. The zero-order chi connectivity index (χ0) is 13.1. The van der Waals surface area contributed by atoms with E-state index in [0.29, 0.717) is 5.56 Å². The molecule has 1 N–H and O–H groups in total. The van der Waals surface area contributed by atoms with E-state index < -0.39 is 23.8 Å². The van der Waals surface area contributed by atoms with Gasteiger partial charge < -0.3 is 14.0 Å². The molecule has 0 bridgehead atoms. The second-order valence-electron chi connectivity index (χ2n) is 3.64. The van der Waals surface area contributed by atoms with Crippen molar-refractivity contribution in [3.8, 4) is 0 Å². The molecule has 1 aliphatic rings. The molecule has 98 valence electrons. The summed E-state index contributed by atoms with van der Waals surface area (Å²) in [5.41, 5.74) is -0.731. The molecule has 0 spiro atoms. The van der Waals surface area contributed by atoms with Gasteiger partial charge in [-0.05, 0) is 0 Å². The lowest BCUT2D eigenvalue weighted by Crippen LogP contribution is -2.34. The van der Waals surface area contributed by atoms with Crippen LogP contribution in [0.2, 0.25) is 0 Å². The first-order valence-electron chi connectivity index (χ1n) is 5.22. The Kier molecular flexibility index (Phi) is 4.08. The van der Waals surface area contributed by atoms with Crippen LogP contribution in [0.1, 0.15) is 11.8 Å². The summed E-state index contributed by atoms with van der Waals surface area (Å²) >= 11 is 0. The maximum Gasteiger partial charge on any atom is 0.330 e. The smallest absolute Gasteiger partial charge is 0.330 e. The topological polar surface area (TPSA) is 82.6 Å². The van der Waals surface area contributed by atoms with Crippen LogP contribution in [-0.4, -0.2) is 29.1 Å². The summed E-state index contributed by atoms with van der Waals surface area (Å²) in [7, 11) is 2.09. The van der Waals surface area contributed by atoms with E-state index in [9.17, 15) is 9.59 Å². The minimum atomic E-state index is -0.585. The third kappa shape index (κ3) is 2.59. The average molecular weight is 272 g/mol. The predicted molar refractivity (Wildman–Crippen MR) is 66.9 cm³/mol. The zero-order valence-electron chi connectivity index (χ0n) is 9.50. The molecule has 0 saturated carbocycles. The number of aromatic amines is 1. The van der Waals surface area contributed by atoms with E-state index in [-0.39, 0.29) is 13.2 Å². The lowest BCUT2D eigenvalue weighted by atomic mass is 10.3. The van der Waals surface area contributed by atoms with Crippen molar-refractivity contribution in [3.63, 3.8) is 0 Å². The lowest BCUT2D eigenvalue weighted by molar-refractivity contribution is -0.0912. The lowest BCUT2D eigenvalue weighted by Gasteiger charge is -2.13. The quantitative estimate of drug-likeness (QED) is 0.771. The maximum absolute atomic E-state index is 11.7. The molecule has 1 fully saturated rings. The Morgan fingerprint density at radius 2 is 2.44 bits per heavy atom. The molecule has 2 rings (SSSR count). The highest BCUT2D eigenvalue weighted by Crippen LogP contribution is 2.20. The number of hydrogen-bond acceptors (Lipinski definition) is 5. The van der Waals surface area contributed by atoms with Crippen LogP contribution in [0.3, 0.4) is 0 Å². The highest BCUT2D eigenvalue weighted by molar-refractivity contribution is 7.09. The average Bonchev–Trinajstić information content (AvgIpc) is 2.78. The fraction of sp³-hybridized carbons (Fsp3) is 0.400. The van der Waals surface area contributed by atoms with Crippen LogP contribution in [0.5, 0.6) is 0 Å². The van der Waals surface area contributed by atoms with Crippen molar-refractivity contribution >= 4 is 15.5 Å². The van der Waals surface area contributed by atoms with E-state index in [0.717, 1.165) is 0 Å². The van der Waals surface area contributed by atoms with Crippen LogP contribution in [0.25, 0.3) is 6.08 Å². The van der Waals surface area contributed by atoms with E-state index in [4.69, 9.17) is 14.0 Å². The van der Waals surface area contributed by atoms with Gasteiger partial charge in [-0.15, -0.1) is 0 Å². The molecule has 2 heterocycles. The van der Waals surface area contributed by atoms with Crippen LogP contribution in [-0.2, 0) is 14.0 Å². The Hall–Kier alpha value is -1.27. The number of nitrogens with zero attached hydrogens (tertiary/aromatic N) is 1.